The molecule has 1 N–H and O–H groups in total. The van der Waals surface area contributed by atoms with Gasteiger partial charge in [-0.05, 0) is 12.2 Å². The van der Waals surface area contributed by atoms with E-state index in [4.69, 9.17) is 14.6 Å². The molecule has 1 aliphatic carbocycles. The van der Waals surface area contributed by atoms with Crippen molar-refractivity contribution in [1.29, 1.82) is 0 Å². The molecule has 3 aliphatic rings. The van der Waals surface area contributed by atoms with E-state index in [-0.39, 0.29) is 19.0 Å². The molecule has 0 spiro atoms. The molecule has 2 fully saturated rings. The summed E-state index contributed by atoms with van der Waals surface area (Å²) in [4.78, 5) is 15.1. The molecule has 2 aliphatic heterocycles. The Morgan fingerprint density at radius 1 is 1.36 bits per heavy atom. The van der Waals surface area contributed by atoms with E-state index in [1.54, 1.807) is 6.08 Å². The zero-order valence-electron chi connectivity index (χ0n) is 12.2. The smallest absolute Gasteiger partial charge is 0.414 e. The summed E-state index contributed by atoms with van der Waals surface area (Å²) in [6.07, 6.45) is 4.31. The quantitative estimate of drug-likeness (QED) is 0.847. The van der Waals surface area contributed by atoms with Gasteiger partial charge in [-0.25, -0.2) is 9.18 Å². The van der Waals surface area contributed by atoms with Crippen molar-refractivity contribution in [2.45, 2.75) is 12.5 Å². The molecule has 6 nitrogen and oxygen atoms in total. The number of hydrogen-bond acceptors (Lipinski definition) is 5. The predicted molar refractivity (Wildman–Crippen MR) is 76.4 cm³/mol. The topological polar surface area (TPSA) is 62.2 Å². The van der Waals surface area contributed by atoms with Crippen molar-refractivity contribution in [3.63, 3.8) is 0 Å². The number of hydrogen-bond donors (Lipinski definition) is 1. The van der Waals surface area contributed by atoms with Crippen molar-refractivity contribution in [2.24, 2.45) is 0 Å². The molecule has 1 amide bonds. The molecular formula is C15H19FN2O4. The predicted octanol–water partition coefficient (Wildman–Crippen LogP) is 1.16. The van der Waals surface area contributed by atoms with Crippen LogP contribution in [0.3, 0.4) is 0 Å². The maximum Gasteiger partial charge on any atom is 0.414 e. The minimum absolute atomic E-state index is 0.233. The Kier molecular flexibility index (Phi) is 4.44. The Hall–Kier alpha value is -1.86. The lowest BCUT2D eigenvalue weighted by Gasteiger charge is -2.29. The van der Waals surface area contributed by atoms with Crippen LogP contribution in [0.1, 0.15) is 6.42 Å². The number of amides is 1. The van der Waals surface area contributed by atoms with E-state index in [2.05, 4.69) is 0 Å². The molecular weight excluding hydrogens is 291 g/mol. The highest BCUT2D eigenvalue weighted by molar-refractivity contribution is 5.72. The van der Waals surface area contributed by atoms with Crippen molar-refractivity contribution in [1.82, 2.24) is 9.80 Å². The second-order valence-corrected chi connectivity index (χ2v) is 5.37. The second-order valence-electron chi connectivity index (χ2n) is 5.37. The first-order valence-corrected chi connectivity index (χ1v) is 7.37. The molecule has 22 heavy (non-hydrogen) atoms. The Bertz CT molecular complexity index is 538. The maximum absolute atomic E-state index is 14.5. The number of aliphatic hydroxyl groups is 1. The highest BCUT2D eigenvalue weighted by atomic mass is 19.1. The molecule has 7 heteroatoms. The summed E-state index contributed by atoms with van der Waals surface area (Å²) < 4.78 is 24.8. The maximum atomic E-state index is 14.5. The van der Waals surface area contributed by atoms with Crippen molar-refractivity contribution in [3.8, 4) is 0 Å². The van der Waals surface area contributed by atoms with Crippen LogP contribution in [-0.4, -0.2) is 66.6 Å². The SMILES string of the molecule is O=C1OC(CO)CN1C1=CC(F)=C(N2CCOCC2)C=CC1. The first kappa shape index (κ1) is 15.1. The van der Waals surface area contributed by atoms with Gasteiger partial charge in [0, 0.05) is 25.2 Å². The van der Waals surface area contributed by atoms with Gasteiger partial charge in [0.1, 0.15) is 11.9 Å². The Morgan fingerprint density at radius 2 is 2.14 bits per heavy atom. The van der Waals surface area contributed by atoms with Crippen LogP contribution >= 0.6 is 0 Å². The van der Waals surface area contributed by atoms with Crippen LogP contribution in [0.15, 0.2) is 35.4 Å². The fraction of sp³-hybridized carbons (Fsp3) is 0.533. The number of carbonyl (C=O) groups is 1. The van der Waals surface area contributed by atoms with E-state index in [0.717, 1.165) is 0 Å². The first-order valence-electron chi connectivity index (χ1n) is 7.37. The van der Waals surface area contributed by atoms with Gasteiger partial charge in [-0.2, -0.15) is 0 Å². The molecule has 1 unspecified atom stereocenters. The third kappa shape index (κ3) is 3.00. The fourth-order valence-corrected chi connectivity index (χ4v) is 2.75. The third-order valence-electron chi connectivity index (χ3n) is 3.92. The molecule has 0 aromatic heterocycles. The van der Waals surface area contributed by atoms with Gasteiger partial charge < -0.3 is 19.5 Å². The number of ether oxygens (including phenoxy) is 2. The van der Waals surface area contributed by atoms with Crippen molar-refractivity contribution in [2.75, 3.05) is 39.5 Å². The summed E-state index contributed by atoms with van der Waals surface area (Å²) in [6.45, 7) is 2.47. The Balaban J connectivity index is 1.81. The molecule has 0 radical (unpaired) electrons. The Labute approximate surface area is 128 Å². The molecule has 2 saturated heterocycles. The summed E-state index contributed by atoms with van der Waals surface area (Å²) in [5, 5.41) is 9.08. The molecule has 120 valence electrons. The third-order valence-corrected chi connectivity index (χ3v) is 3.92. The lowest BCUT2D eigenvalue weighted by molar-refractivity contribution is 0.0544. The number of morpholine rings is 1. The molecule has 0 saturated carbocycles. The van der Waals surface area contributed by atoms with Gasteiger partial charge >= 0.3 is 6.09 Å². The highest BCUT2D eigenvalue weighted by Crippen LogP contribution is 2.27. The minimum Gasteiger partial charge on any atom is -0.441 e. The standard InChI is InChI=1S/C15H19FN2O4/c16-13-8-11(18-9-12(10-19)22-15(18)20)2-1-3-14(13)17-4-6-21-7-5-17/h1,3,8,12,19H,2,4-7,9-10H2. The number of aliphatic hydroxyl groups excluding tert-OH is 1. The van der Waals surface area contributed by atoms with E-state index in [9.17, 15) is 9.18 Å². The monoisotopic (exact) mass is 310 g/mol. The van der Waals surface area contributed by atoms with Crippen LogP contribution in [0.5, 0.6) is 0 Å². The zero-order chi connectivity index (χ0) is 15.5. The second kappa shape index (κ2) is 6.50. The number of rotatable bonds is 3. The van der Waals surface area contributed by atoms with Crippen molar-refractivity contribution in [3.05, 3.63) is 35.4 Å². The summed E-state index contributed by atoms with van der Waals surface area (Å²) in [5.41, 5.74) is 1.06. The van der Waals surface area contributed by atoms with Gasteiger partial charge in [0.05, 0.1) is 32.1 Å². The number of allylic oxidation sites excluding steroid dienone is 4. The van der Waals surface area contributed by atoms with E-state index in [1.807, 2.05) is 11.0 Å². The van der Waals surface area contributed by atoms with Gasteiger partial charge in [0.15, 0.2) is 0 Å². The van der Waals surface area contributed by atoms with Gasteiger partial charge in [-0.3, -0.25) is 4.90 Å². The lowest BCUT2D eigenvalue weighted by atomic mass is 10.2. The van der Waals surface area contributed by atoms with Crippen molar-refractivity contribution < 1.29 is 23.8 Å². The van der Waals surface area contributed by atoms with Crippen LogP contribution in [-0.2, 0) is 9.47 Å². The number of halogens is 1. The minimum atomic E-state index is -0.550. The van der Waals surface area contributed by atoms with Gasteiger partial charge in [0.2, 0.25) is 0 Å². The number of cyclic esters (lactones) is 1. The van der Waals surface area contributed by atoms with Crippen LogP contribution in [0.4, 0.5) is 9.18 Å². The Morgan fingerprint density at radius 3 is 2.82 bits per heavy atom. The fourth-order valence-electron chi connectivity index (χ4n) is 2.75. The zero-order valence-corrected chi connectivity index (χ0v) is 12.2. The molecule has 3 rings (SSSR count). The normalized spacial score (nSPS) is 26.2. The number of nitrogens with zero attached hydrogens (tertiary/aromatic N) is 2. The van der Waals surface area contributed by atoms with E-state index in [1.165, 1.54) is 11.0 Å². The van der Waals surface area contributed by atoms with Crippen molar-refractivity contribution >= 4 is 6.09 Å². The summed E-state index contributed by atoms with van der Waals surface area (Å²) in [7, 11) is 0. The molecule has 0 aromatic rings. The van der Waals surface area contributed by atoms with Crippen LogP contribution in [0.2, 0.25) is 0 Å². The first-order chi connectivity index (χ1) is 10.7. The largest absolute Gasteiger partial charge is 0.441 e. The summed E-state index contributed by atoms with van der Waals surface area (Å²) >= 11 is 0. The van der Waals surface area contributed by atoms with Crippen LogP contribution in [0.25, 0.3) is 0 Å². The summed E-state index contributed by atoms with van der Waals surface area (Å²) in [6, 6.07) is 0. The highest BCUT2D eigenvalue weighted by Gasteiger charge is 2.33. The molecule has 1 atom stereocenters. The number of carbonyl (C=O) groups excluding carboxylic acids is 1. The molecule has 0 aromatic carbocycles. The van der Waals surface area contributed by atoms with Gasteiger partial charge in [0.25, 0.3) is 0 Å². The summed E-state index contributed by atoms with van der Waals surface area (Å²) in [5.74, 6) is -0.370. The average Bonchev–Trinajstić information content (AvgIpc) is 2.81. The van der Waals surface area contributed by atoms with Gasteiger partial charge in [-0.15, -0.1) is 0 Å². The van der Waals surface area contributed by atoms with Crippen LogP contribution < -0.4 is 0 Å². The lowest BCUT2D eigenvalue weighted by Crippen LogP contribution is -2.35. The molecule has 2 heterocycles. The van der Waals surface area contributed by atoms with E-state index in [0.29, 0.717) is 44.1 Å². The van der Waals surface area contributed by atoms with Crippen LogP contribution in [0, 0.1) is 0 Å². The van der Waals surface area contributed by atoms with E-state index >= 15 is 0 Å². The average molecular weight is 310 g/mol. The van der Waals surface area contributed by atoms with Gasteiger partial charge in [-0.1, -0.05) is 6.08 Å². The molecule has 0 bridgehead atoms. The van der Waals surface area contributed by atoms with E-state index < -0.39 is 12.2 Å².